The molecule has 2 N–H and O–H groups in total. The van der Waals surface area contributed by atoms with E-state index in [1.165, 1.54) is 0 Å². The Balaban J connectivity index is 2.05. The van der Waals surface area contributed by atoms with Crippen molar-refractivity contribution in [3.05, 3.63) is 60.0 Å². The number of nitrogens with one attached hydrogen (secondary N) is 2. The van der Waals surface area contributed by atoms with E-state index in [1.54, 1.807) is 6.20 Å². The van der Waals surface area contributed by atoms with E-state index in [0.29, 0.717) is 5.82 Å². The zero-order valence-corrected chi connectivity index (χ0v) is 14.3. The van der Waals surface area contributed by atoms with Gasteiger partial charge in [-0.1, -0.05) is 35.9 Å². The van der Waals surface area contributed by atoms with Gasteiger partial charge in [-0.05, 0) is 19.1 Å². The van der Waals surface area contributed by atoms with Crippen LogP contribution in [0.15, 0.2) is 48.7 Å². The highest BCUT2D eigenvalue weighted by molar-refractivity contribution is 7.88. The molecule has 0 radical (unpaired) electrons. The Bertz CT molecular complexity index is 932. The molecular formula is C17H18N4O2S. The SMILES string of the molecule is Cc1ccc(-c2nc(CNS(C)(=O)=O)[nH]c2-c2ccccn2)cc1. The molecule has 3 aromatic rings. The third-order valence-electron chi connectivity index (χ3n) is 3.50. The van der Waals surface area contributed by atoms with Gasteiger partial charge in [-0.15, -0.1) is 0 Å². The molecule has 7 heteroatoms. The summed E-state index contributed by atoms with van der Waals surface area (Å²) in [5.41, 5.74) is 4.38. The van der Waals surface area contributed by atoms with E-state index in [-0.39, 0.29) is 6.54 Å². The van der Waals surface area contributed by atoms with E-state index in [9.17, 15) is 8.42 Å². The molecule has 0 fully saturated rings. The van der Waals surface area contributed by atoms with Crippen LogP contribution in [-0.4, -0.2) is 29.6 Å². The van der Waals surface area contributed by atoms with Crippen LogP contribution in [0.1, 0.15) is 11.4 Å². The second-order valence-electron chi connectivity index (χ2n) is 5.58. The van der Waals surface area contributed by atoms with E-state index in [2.05, 4.69) is 19.7 Å². The Labute approximate surface area is 141 Å². The predicted octanol–water partition coefficient (Wildman–Crippen LogP) is 2.50. The molecule has 0 saturated carbocycles. The standard InChI is InChI=1S/C17H18N4O2S/c1-12-6-8-13(9-7-12)16-17(14-5-3-4-10-18-14)21-15(20-16)11-19-24(2,22)23/h3-10,19H,11H2,1-2H3,(H,20,21). The summed E-state index contributed by atoms with van der Waals surface area (Å²) in [6.45, 7) is 2.12. The summed E-state index contributed by atoms with van der Waals surface area (Å²) >= 11 is 0. The Morgan fingerprint density at radius 3 is 2.50 bits per heavy atom. The molecule has 0 amide bonds. The molecule has 0 aliphatic heterocycles. The molecule has 0 saturated heterocycles. The lowest BCUT2D eigenvalue weighted by Crippen LogP contribution is -2.21. The summed E-state index contributed by atoms with van der Waals surface area (Å²) in [6.07, 6.45) is 2.83. The number of hydrogen-bond acceptors (Lipinski definition) is 4. The van der Waals surface area contributed by atoms with Crippen molar-refractivity contribution in [2.75, 3.05) is 6.26 Å². The monoisotopic (exact) mass is 342 g/mol. The molecule has 1 aromatic carbocycles. The fourth-order valence-corrected chi connectivity index (χ4v) is 2.72. The number of rotatable bonds is 5. The maximum atomic E-state index is 11.3. The second-order valence-corrected chi connectivity index (χ2v) is 7.41. The minimum Gasteiger partial charge on any atom is -0.339 e. The number of aromatic amines is 1. The van der Waals surface area contributed by atoms with Gasteiger partial charge in [-0.25, -0.2) is 18.1 Å². The normalized spacial score (nSPS) is 11.6. The number of hydrogen-bond donors (Lipinski definition) is 2. The van der Waals surface area contributed by atoms with Gasteiger partial charge in [-0.2, -0.15) is 0 Å². The van der Waals surface area contributed by atoms with Crippen molar-refractivity contribution in [3.63, 3.8) is 0 Å². The molecule has 2 heterocycles. The van der Waals surface area contributed by atoms with Gasteiger partial charge in [-0.3, -0.25) is 4.98 Å². The third-order valence-corrected chi connectivity index (χ3v) is 4.17. The molecule has 2 aromatic heterocycles. The summed E-state index contributed by atoms with van der Waals surface area (Å²) in [5.74, 6) is 0.539. The van der Waals surface area contributed by atoms with Crippen molar-refractivity contribution < 1.29 is 8.42 Å². The minimum absolute atomic E-state index is 0.102. The Morgan fingerprint density at radius 2 is 1.88 bits per heavy atom. The summed E-state index contributed by atoms with van der Waals surface area (Å²) in [6, 6.07) is 13.6. The first-order valence-electron chi connectivity index (χ1n) is 7.44. The molecular weight excluding hydrogens is 324 g/mol. The molecule has 0 bridgehead atoms. The van der Waals surface area contributed by atoms with Gasteiger partial charge >= 0.3 is 0 Å². The molecule has 24 heavy (non-hydrogen) atoms. The van der Waals surface area contributed by atoms with Crippen molar-refractivity contribution >= 4 is 10.0 Å². The smallest absolute Gasteiger partial charge is 0.209 e. The average molecular weight is 342 g/mol. The minimum atomic E-state index is -3.29. The number of imidazole rings is 1. The van der Waals surface area contributed by atoms with E-state index >= 15 is 0 Å². The van der Waals surface area contributed by atoms with E-state index in [4.69, 9.17) is 0 Å². The summed E-state index contributed by atoms with van der Waals surface area (Å²) in [7, 11) is -3.29. The van der Waals surface area contributed by atoms with Crippen molar-refractivity contribution in [1.82, 2.24) is 19.7 Å². The first-order chi connectivity index (χ1) is 11.4. The number of benzene rings is 1. The average Bonchev–Trinajstić information content (AvgIpc) is 2.98. The van der Waals surface area contributed by atoms with Crippen LogP contribution in [0.5, 0.6) is 0 Å². The largest absolute Gasteiger partial charge is 0.339 e. The van der Waals surface area contributed by atoms with Crippen LogP contribution in [0.25, 0.3) is 22.6 Å². The molecule has 0 aliphatic rings. The molecule has 3 rings (SSSR count). The Kier molecular flexibility index (Phi) is 4.46. The van der Waals surface area contributed by atoms with Crippen molar-refractivity contribution in [3.8, 4) is 22.6 Å². The van der Waals surface area contributed by atoms with Crippen LogP contribution in [0.4, 0.5) is 0 Å². The van der Waals surface area contributed by atoms with E-state index in [0.717, 1.165) is 34.5 Å². The van der Waals surface area contributed by atoms with Crippen molar-refractivity contribution in [2.45, 2.75) is 13.5 Å². The quantitative estimate of drug-likeness (QED) is 0.746. The van der Waals surface area contributed by atoms with Gasteiger partial charge < -0.3 is 4.98 Å². The van der Waals surface area contributed by atoms with Crippen LogP contribution in [0.2, 0.25) is 0 Å². The lowest BCUT2D eigenvalue weighted by molar-refractivity contribution is 0.586. The van der Waals surface area contributed by atoms with Crippen LogP contribution < -0.4 is 4.72 Å². The number of nitrogens with zero attached hydrogens (tertiary/aromatic N) is 2. The summed E-state index contributed by atoms with van der Waals surface area (Å²) < 4.78 is 25.1. The predicted molar refractivity (Wildman–Crippen MR) is 93.7 cm³/mol. The first kappa shape index (κ1) is 16.4. The van der Waals surface area contributed by atoms with Gasteiger partial charge in [0.05, 0.1) is 29.9 Å². The van der Waals surface area contributed by atoms with Gasteiger partial charge in [0, 0.05) is 11.8 Å². The molecule has 124 valence electrons. The number of pyridine rings is 1. The maximum Gasteiger partial charge on any atom is 0.209 e. The molecule has 0 aliphatic carbocycles. The van der Waals surface area contributed by atoms with Crippen molar-refractivity contribution in [2.24, 2.45) is 0 Å². The number of aryl methyl sites for hydroxylation is 1. The van der Waals surface area contributed by atoms with Gasteiger partial charge in [0.1, 0.15) is 5.82 Å². The molecule has 0 spiro atoms. The highest BCUT2D eigenvalue weighted by Gasteiger charge is 2.15. The van der Waals surface area contributed by atoms with Crippen LogP contribution in [0, 0.1) is 6.92 Å². The molecule has 0 unspecified atom stereocenters. The number of H-pyrrole nitrogens is 1. The third kappa shape index (κ3) is 3.87. The van der Waals surface area contributed by atoms with Gasteiger partial charge in [0.15, 0.2) is 0 Å². The van der Waals surface area contributed by atoms with Crippen LogP contribution >= 0.6 is 0 Å². The zero-order valence-electron chi connectivity index (χ0n) is 13.4. The number of sulfonamides is 1. The Morgan fingerprint density at radius 1 is 1.12 bits per heavy atom. The zero-order chi connectivity index (χ0) is 17.2. The highest BCUT2D eigenvalue weighted by atomic mass is 32.2. The van der Waals surface area contributed by atoms with Crippen molar-refractivity contribution in [1.29, 1.82) is 0 Å². The van der Waals surface area contributed by atoms with Gasteiger partial charge in [0.2, 0.25) is 10.0 Å². The maximum absolute atomic E-state index is 11.3. The molecule has 0 atom stereocenters. The summed E-state index contributed by atoms with van der Waals surface area (Å²) in [4.78, 5) is 12.1. The fourth-order valence-electron chi connectivity index (χ4n) is 2.32. The number of aromatic nitrogens is 3. The van der Waals surface area contributed by atoms with Crippen LogP contribution in [-0.2, 0) is 16.6 Å². The lowest BCUT2D eigenvalue weighted by atomic mass is 10.1. The van der Waals surface area contributed by atoms with Gasteiger partial charge in [0.25, 0.3) is 0 Å². The second kappa shape index (κ2) is 6.54. The first-order valence-corrected chi connectivity index (χ1v) is 9.33. The van der Waals surface area contributed by atoms with E-state index in [1.807, 2.05) is 49.4 Å². The van der Waals surface area contributed by atoms with E-state index < -0.39 is 10.0 Å². The lowest BCUT2D eigenvalue weighted by Gasteiger charge is -2.02. The summed E-state index contributed by atoms with van der Waals surface area (Å²) in [5, 5.41) is 0. The topological polar surface area (TPSA) is 87.7 Å². The Hall–Kier alpha value is -2.51. The fraction of sp³-hybridized carbons (Fsp3) is 0.176. The van der Waals surface area contributed by atoms with Crippen LogP contribution in [0.3, 0.4) is 0 Å². The molecule has 6 nitrogen and oxygen atoms in total. The highest BCUT2D eigenvalue weighted by Crippen LogP contribution is 2.29.